The molecule has 164 valence electrons. The largest absolute Gasteiger partial charge is 0.342 e. The molecule has 0 radical (unpaired) electrons. The number of carbonyl (C=O) groups is 2. The number of hydrogen-bond acceptors (Lipinski definition) is 2. The van der Waals surface area contributed by atoms with Crippen LogP contribution >= 0.6 is 0 Å². The quantitative estimate of drug-likeness (QED) is 0.713. The van der Waals surface area contributed by atoms with Crippen LogP contribution in [0.1, 0.15) is 81.4 Å². The van der Waals surface area contributed by atoms with E-state index in [4.69, 9.17) is 0 Å². The van der Waals surface area contributed by atoms with Gasteiger partial charge in [-0.3, -0.25) is 9.59 Å². The highest BCUT2D eigenvalue weighted by atomic mass is 16.2. The van der Waals surface area contributed by atoms with Gasteiger partial charge in [0.25, 0.3) is 0 Å². The van der Waals surface area contributed by atoms with E-state index < -0.39 is 0 Å². The maximum Gasteiger partial charge on any atom is 0.225 e. The van der Waals surface area contributed by atoms with Crippen molar-refractivity contribution in [3.8, 4) is 0 Å². The van der Waals surface area contributed by atoms with Gasteiger partial charge in [0, 0.05) is 38.0 Å². The Morgan fingerprint density at radius 2 is 1.73 bits per heavy atom. The summed E-state index contributed by atoms with van der Waals surface area (Å²) in [5.41, 5.74) is 4.64. The van der Waals surface area contributed by atoms with Crippen molar-refractivity contribution in [2.45, 2.75) is 84.1 Å². The highest BCUT2D eigenvalue weighted by Gasteiger charge is 2.51. The Balaban J connectivity index is 1.27. The molecular formula is C26H38N2O2. The zero-order chi connectivity index (χ0) is 21.7. The molecular weight excluding hydrogens is 372 g/mol. The molecule has 1 saturated heterocycles. The van der Waals surface area contributed by atoms with Crippen LogP contribution in [0.4, 0.5) is 0 Å². The molecule has 2 amide bonds. The van der Waals surface area contributed by atoms with Gasteiger partial charge in [-0.05, 0) is 81.8 Å². The van der Waals surface area contributed by atoms with Crippen LogP contribution in [-0.4, -0.2) is 47.3 Å². The van der Waals surface area contributed by atoms with Crippen molar-refractivity contribution < 1.29 is 9.59 Å². The molecule has 2 aliphatic carbocycles. The van der Waals surface area contributed by atoms with Gasteiger partial charge in [0.15, 0.2) is 0 Å². The normalized spacial score (nSPS) is 28.0. The molecule has 3 aliphatic rings. The molecule has 1 aromatic rings. The molecule has 1 aliphatic heterocycles. The minimum atomic E-state index is -0.142. The second kappa shape index (κ2) is 7.69. The number of nitrogens with zero attached hydrogens (tertiary/aromatic N) is 2. The lowest BCUT2D eigenvalue weighted by atomic mass is 9.55. The van der Waals surface area contributed by atoms with Crippen molar-refractivity contribution in [1.29, 1.82) is 0 Å². The molecule has 4 rings (SSSR count). The number of rotatable bonds is 4. The summed E-state index contributed by atoms with van der Waals surface area (Å²) in [5.74, 6) is 1.29. The average Bonchev–Trinajstić information content (AvgIpc) is 2.70. The Morgan fingerprint density at radius 1 is 1.10 bits per heavy atom. The molecule has 1 spiro atoms. The lowest BCUT2D eigenvalue weighted by molar-refractivity contribution is -0.154. The second-order valence-electron chi connectivity index (χ2n) is 10.7. The van der Waals surface area contributed by atoms with Gasteiger partial charge in [-0.15, -0.1) is 0 Å². The van der Waals surface area contributed by atoms with E-state index in [1.54, 1.807) is 5.56 Å². The van der Waals surface area contributed by atoms with Crippen molar-refractivity contribution in [2.24, 2.45) is 11.3 Å². The molecule has 0 bridgehead atoms. The third-order valence-electron chi connectivity index (χ3n) is 8.58. The van der Waals surface area contributed by atoms with Gasteiger partial charge in [-0.1, -0.05) is 30.7 Å². The van der Waals surface area contributed by atoms with Crippen LogP contribution in [0.25, 0.3) is 0 Å². The fourth-order valence-electron chi connectivity index (χ4n) is 6.26. The summed E-state index contributed by atoms with van der Waals surface area (Å²) >= 11 is 0. The van der Waals surface area contributed by atoms with Crippen LogP contribution in [0.15, 0.2) is 18.2 Å². The number of benzene rings is 1. The Hall–Kier alpha value is -1.84. The van der Waals surface area contributed by atoms with Crippen molar-refractivity contribution in [3.05, 3.63) is 34.9 Å². The predicted octanol–water partition coefficient (Wildman–Crippen LogP) is 4.83. The standard InChI is InChI=1S/C26H38N2O2/c1-6-23(29)27(5)25(4)14-21(15-25)24(30)28-11-9-26(10-12-28)16-20(17-26)22-13-18(2)7-8-19(22)3/h7-8,13,20-21H,6,9-12,14-17H2,1-5H3/t21-,25+. The van der Waals surface area contributed by atoms with Gasteiger partial charge < -0.3 is 9.80 Å². The molecule has 3 fully saturated rings. The monoisotopic (exact) mass is 410 g/mol. The maximum atomic E-state index is 13.0. The molecule has 0 N–H and O–H groups in total. The molecule has 2 saturated carbocycles. The summed E-state index contributed by atoms with van der Waals surface area (Å²) in [6.07, 6.45) is 7.02. The first-order valence-electron chi connectivity index (χ1n) is 11.8. The Morgan fingerprint density at radius 3 is 2.33 bits per heavy atom. The van der Waals surface area contributed by atoms with E-state index in [1.165, 1.54) is 24.0 Å². The fourth-order valence-corrected chi connectivity index (χ4v) is 6.26. The van der Waals surface area contributed by atoms with Crippen molar-refractivity contribution in [3.63, 3.8) is 0 Å². The van der Waals surface area contributed by atoms with Gasteiger partial charge in [-0.25, -0.2) is 0 Å². The van der Waals surface area contributed by atoms with Gasteiger partial charge in [0.05, 0.1) is 0 Å². The second-order valence-corrected chi connectivity index (χ2v) is 10.7. The third-order valence-corrected chi connectivity index (χ3v) is 8.58. The van der Waals surface area contributed by atoms with Gasteiger partial charge in [-0.2, -0.15) is 0 Å². The van der Waals surface area contributed by atoms with Crippen LogP contribution in [0.3, 0.4) is 0 Å². The number of likely N-dealkylation sites (tertiary alicyclic amines) is 1. The minimum absolute atomic E-state index is 0.0974. The number of amides is 2. The maximum absolute atomic E-state index is 13.0. The first-order valence-corrected chi connectivity index (χ1v) is 11.8. The molecule has 1 aromatic carbocycles. The highest BCUT2D eigenvalue weighted by Crippen LogP contribution is 2.57. The zero-order valence-electron chi connectivity index (χ0n) is 19.5. The van der Waals surface area contributed by atoms with Crippen LogP contribution in [0.2, 0.25) is 0 Å². The predicted molar refractivity (Wildman–Crippen MR) is 120 cm³/mol. The van der Waals surface area contributed by atoms with Crippen LogP contribution in [0.5, 0.6) is 0 Å². The summed E-state index contributed by atoms with van der Waals surface area (Å²) in [4.78, 5) is 29.1. The Bertz CT molecular complexity index is 823. The third kappa shape index (κ3) is 3.67. The van der Waals surface area contributed by atoms with Crippen molar-refractivity contribution >= 4 is 11.8 Å². The molecule has 30 heavy (non-hydrogen) atoms. The van der Waals surface area contributed by atoms with E-state index in [0.29, 0.717) is 23.7 Å². The molecule has 0 atom stereocenters. The summed E-state index contributed by atoms with van der Waals surface area (Å²) in [6.45, 7) is 10.3. The fraction of sp³-hybridized carbons (Fsp3) is 0.692. The summed E-state index contributed by atoms with van der Waals surface area (Å²) in [6, 6.07) is 6.84. The first-order chi connectivity index (χ1) is 14.2. The van der Waals surface area contributed by atoms with Crippen molar-refractivity contribution in [2.75, 3.05) is 20.1 Å². The lowest BCUT2D eigenvalue weighted by Gasteiger charge is -2.55. The van der Waals surface area contributed by atoms with Gasteiger partial charge >= 0.3 is 0 Å². The molecule has 0 unspecified atom stereocenters. The number of hydrogen-bond donors (Lipinski definition) is 0. The molecule has 0 aromatic heterocycles. The minimum Gasteiger partial charge on any atom is -0.342 e. The Labute approximate surface area is 182 Å². The summed E-state index contributed by atoms with van der Waals surface area (Å²) < 4.78 is 0. The lowest BCUT2D eigenvalue weighted by Crippen LogP contribution is -2.60. The zero-order valence-corrected chi connectivity index (χ0v) is 19.5. The van der Waals surface area contributed by atoms with Gasteiger partial charge in [0.1, 0.15) is 0 Å². The van der Waals surface area contributed by atoms with E-state index in [9.17, 15) is 9.59 Å². The summed E-state index contributed by atoms with van der Waals surface area (Å²) in [5, 5.41) is 0. The van der Waals surface area contributed by atoms with Gasteiger partial charge in [0.2, 0.25) is 11.8 Å². The average molecular weight is 411 g/mol. The topological polar surface area (TPSA) is 40.6 Å². The van der Waals surface area contributed by atoms with Crippen LogP contribution in [0, 0.1) is 25.2 Å². The SMILES string of the molecule is CCC(=O)N(C)[C@]1(C)C[C@H](C(=O)N2CCC3(CC2)CC(c2cc(C)ccc2C)C3)C1. The molecule has 4 nitrogen and oxygen atoms in total. The van der Waals surface area contributed by atoms with Crippen LogP contribution < -0.4 is 0 Å². The Kier molecular flexibility index (Phi) is 5.48. The number of carbonyl (C=O) groups excluding carboxylic acids is 2. The van der Waals surface area contributed by atoms with E-state index in [-0.39, 0.29) is 17.4 Å². The molecule has 4 heteroatoms. The highest BCUT2D eigenvalue weighted by molar-refractivity contribution is 5.82. The first kappa shape index (κ1) is 21.4. The summed E-state index contributed by atoms with van der Waals surface area (Å²) in [7, 11) is 1.89. The number of aryl methyl sites for hydroxylation is 2. The van der Waals surface area contributed by atoms with E-state index in [2.05, 4.69) is 43.9 Å². The van der Waals surface area contributed by atoms with E-state index in [0.717, 1.165) is 38.8 Å². The van der Waals surface area contributed by atoms with E-state index in [1.807, 2.05) is 18.9 Å². The van der Waals surface area contributed by atoms with E-state index >= 15 is 0 Å². The smallest absolute Gasteiger partial charge is 0.225 e. The van der Waals surface area contributed by atoms with Crippen LogP contribution in [-0.2, 0) is 9.59 Å². The van der Waals surface area contributed by atoms with Crippen molar-refractivity contribution in [1.82, 2.24) is 9.80 Å². The molecule has 1 heterocycles. The number of piperidine rings is 1.